The van der Waals surface area contributed by atoms with Crippen LogP contribution in [0.4, 0.5) is 0 Å². The third kappa shape index (κ3) is 3.02. The third-order valence-electron chi connectivity index (χ3n) is 3.24. The Morgan fingerprint density at radius 3 is 2.21 bits per heavy atom. The number of carboxylic acids is 1. The van der Waals surface area contributed by atoms with E-state index in [4.69, 9.17) is 9.84 Å². The normalized spacial score (nSPS) is 24.2. The standard InChI is InChI=1S/C13H12O11/c14-4-1-3(2-5(15)6(4)16)12(21)23-10-8(18)13(22)24-9(10)7(17)11(19)20/h1-2,7-10,14-18H,(H,19,20)/t7-,8+,9-,10+/m0/s1. The summed E-state index contributed by atoms with van der Waals surface area (Å²) in [6.07, 6.45) is -7.99. The second-order valence-corrected chi connectivity index (χ2v) is 4.86. The monoisotopic (exact) mass is 344 g/mol. The van der Waals surface area contributed by atoms with Gasteiger partial charge in [-0.05, 0) is 12.1 Å². The fourth-order valence-corrected chi connectivity index (χ4v) is 2.01. The van der Waals surface area contributed by atoms with Crippen molar-refractivity contribution in [2.45, 2.75) is 24.4 Å². The molecule has 2 rings (SSSR count). The Kier molecular flexibility index (Phi) is 4.48. The number of aromatic hydroxyl groups is 3. The van der Waals surface area contributed by atoms with E-state index in [0.29, 0.717) is 0 Å². The Morgan fingerprint density at radius 2 is 1.71 bits per heavy atom. The van der Waals surface area contributed by atoms with E-state index in [9.17, 15) is 39.9 Å². The van der Waals surface area contributed by atoms with Crippen LogP contribution in [0.15, 0.2) is 12.1 Å². The van der Waals surface area contributed by atoms with Gasteiger partial charge in [0.15, 0.2) is 41.7 Å². The van der Waals surface area contributed by atoms with Gasteiger partial charge in [-0.15, -0.1) is 0 Å². The molecule has 0 bridgehead atoms. The van der Waals surface area contributed by atoms with Crippen molar-refractivity contribution in [1.29, 1.82) is 0 Å². The second-order valence-electron chi connectivity index (χ2n) is 4.86. The van der Waals surface area contributed by atoms with E-state index >= 15 is 0 Å². The van der Waals surface area contributed by atoms with E-state index in [2.05, 4.69) is 4.74 Å². The molecule has 1 aliphatic heterocycles. The van der Waals surface area contributed by atoms with E-state index in [1.807, 2.05) is 0 Å². The van der Waals surface area contributed by atoms with Crippen LogP contribution in [0.1, 0.15) is 10.4 Å². The summed E-state index contributed by atoms with van der Waals surface area (Å²) in [7, 11) is 0. The van der Waals surface area contributed by atoms with Gasteiger partial charge in [-0.25, -0.2) is 14.4 Å². The number of cyclic esters (lactones) is 1. The van der Waals surface area contributed by atoms with Gasteiger partial charge >= 0.3 is 17.9 Å². The highest BCUT2D eigenvalue weighted by Crippen LogP contribution is 2.36. The van der Waals surface area contributed by atoms with Crippen LogP contribution in [0.2, 0.25) is 0 Å². The molecule has 130 valence electrons. The molecule has 11 heteroatoms. The number of benzene rings is 1. The highest BCUT2D eigenvalue weighted by molar-refractivity contribution is 5.92. The van der Waals surface area contributed by atoms with Crippen molar-refractivity contribution >= 4 is 17.9 Å². The molecule has 0 saturated carbocycles. The molecule has 0 aliphatic carbocycles. The maximum Gasteiger partial charge on any atom is 0.339 e. The van der Waals surface area contributed by atoms with Gasteiger partial charge in [0.1, 0.15) is 0 Å². The van der Waals surface area contributed by atoms with Crippen molar-refractivity contribution in [3.05, 3.63) is 17.7 Å². The number of hydrogen-bond acceptors (Lipinski definition) is 10. The first-order chi connectivity index (χ1) is 11.1. The zero-order chi connectivity index (χ0) is 18.2. The van der Waals surface area contributed by atoms with Crippen molar-refractivity contribution < 1.29 is 54.5 Å². The summed E-state index contributed by atoms with van der Waals surface area (Å²) >= 11 is 0. The summed E-state index contributed by atoms with van der Waals surface area (Å²) in [6.45, 7) is 0. The minimum Gasteiger partial charge on any atom is -0.504 e. The van der Waals surface area contributed by atoms with E-state index in [1.54, 1.807) is 0 Å². The SMILES string of the molecule is O=C(O[C@H]1[C@H]([C@H](O)C(=O)O)OC(=O)[C@@H]1O)c1cc(O)c(O)c(O)c1. The van der Waals surface area contributed by atoms with Crippen molar-refractivity contribution in [3.8, 4) is 17.2 Å². The lowest BCUT2D eigenvalue weighted by Crippen LogP contribution is -2.45. The fraction of sp³-hybridized carbons (Fsp3) is 0.308. The van der Waals surface area contributed by atoms with E-state index in [1.165, 1.54) is 0 Å². The smallest absolute Gasteiger partial charge is 0.339 e. The summed E-state index contributed by atoms with van der Waals surface area (Å²) in [4.78, 5) is 34.1. The second kappa shape index (κ2) is 6.22. The van der Waals surface area contributed by atoms with Crippen molar-refractivity contribution in [2.75, 3.05) is 0 Å². The van der Waals surface area contributed by atoms with Crippen LogP contribution < -0.4 is 0 Å². The van der Waals surface area contributed by atoms with Gasteiger partial charge in [-0.1, -0.05) is 0 Å². The number of phenols is 3. The molecule has 0 amide bonds. The molecule has 1 heterocycles. The van der Waals surface area contributed by atoms with Crippen LogP contribution in [0.5, 0.6) is 17.2 Å². The summed E-state index contributed by atoms with van der Waals surface area (Å²) in [5.74, 6) is -6.93. The van der Waals surface area contributed by atoms with Gasteiger partial charge in [0.2, 0.25) is 0 Å². The van der Waals surface area contributed by atoms with Crippen LogP contribution in [0.3, 0.4) is 0 Å². The molecular formula is C13H12O11. The molecular weight excluding hydrogens is 332 g/mol. The number of carbonyl (C=O) groups excluding carboxylic acids is 2. The van der Waals surface area contributed by atoms with E-state index < -0.39 is 65.1 Å². The number of carbonyl (C=O) groups is 3. The van der Waals surface area contributed by atoms with Gasteiger partial charge < -0.3 is 40.1 Å². The van der Waals surface area contributed by atoms with Crippen molar-refractivity contribution in [2.24, 2.45) is 0 Å². The van der Waals surface area contributed by atoms with Crippen LogP contribution in [-0.4, -0.2) is 73.0 Å². The zero-order valence-corrected chi connectivity index (χ0v) is 11.7. The number of aliphatic hydroxyl groups is 2. The van der Waals surface area contributed by atoms with E-state index in [-0.39, 0.29) is 0 Å². The number of ether oxygens (including phenoxy) is 2. The molecule has 0 aromatic heterocycles. The first-order valence-electron chi connectivity index (χ1n) is 6.38. The lowest BCUT2D eigenvalue weighted by Gasteiger charge is -2.21. The molecule has 6 N–H and O–H groups in total. The largest absolute Gasteiger partial charge is 0.504 e. The lowest BCUT2D eigenvalue weighted by molar-refractivity contribution is -0.162. The quantitative estimate of drug-likeness (QED) is 0.263. The van der Waals surface area contributed by atoms with Crippen LogP contribution in [0.25, 0.3) is 0 Å². The Labute approximate surface area is 132 Å². The average molecular weight is 344 g/mol. The minimum absolute atomic E-state index is 0.474. The van der Waals surface area contributed by atoms with Crippen LogP contribution >= 0.6 is 0 Å². The average Bonchev–Trinajstić information content (AvgIpc) is 2.79. The molecule has 1 saturated heterocycles. The van der Waals surface area contributed by atoms with Gasteiger partial charge in [0, 0.05) is 0 Å². The highest BCUT2D eigenvalue weighted by Gasteiger charge is 2.51. The Balaban J connectivity index is 2.25. The molecule has 1 aromatic carbocycles. The number of rotatable bonds is 4. The number of aliphatic carboxylic acids is 1. The van der Waals surface area contributed by atoms with Crippen molar-refractivity contribution in [1.82, 2.24) is 0 Å². The molecule has 11 nitrogen and oxygen atoms in total. The predicted octanol–water partition coefficient (Wildman–Crippen LogP) is -1.94. The van der Waals surface area contributed by atoms with Gasteiger partial charge in [-0.3, -0.25) is 0 Å². The summed E-state index contributed by atoms with van der Waals surface area (Å²) < 4.78 is 9.23. The maximum atomic E-state index is 12.0. The topological polar surface area (TPSA) is 191 Å². The van der Waals surface area contributed by atoms with E-state index in [0.717, 1.165) is 12.1 Å². The summed E-state index contributed by atoms with van der Waals surface area (Å²) in [5.41, 5.74) is -0.474. The molecule has 0 unspecified atom stereocenters. The van der Waals surface area contributed by atoms with Gasteiger partial charge in [0.25, 0.3) is 0 Å². The molecule has 4 atom stereocenters. The molecule has 0 spiro atoms. The van der Waals surface area contributed by atoms with Crippen LogP contribution in [-0.2, 0) is 19.1 Å². The maximum absolute atomic E-state index is 12.0. The first kappa shape index (κ1) is 17.3. The van der Waals surface area contributed by atoms with Gasteiger partial charge in [-0.2, -0.15) is 0 Å². The third-order valence-corrected chi connectivity index (χ3v) is 3.24. The molecule has 1 aromatic rings. The fourth-order valence-electron chi connectivity index (χ4n) is 2.01. The summed E-state index contributed by atoms with van der Waals surface area (Å²) in [6, 6.07) is 1.45. The van der Waals surface area contributed by atoms with Crippen molar-refractivity contribution in [3.63, 3.8) is 0 Å². The first-order valence-corrected chi connectivity index (χ1v) is 6.38. The number of esters is 2. The Bertz CT molecular complexity index is 674. The minimum atomic E-state index is -2.26. The Morgan fingerprint density at radius 1 is 1.17 bits per heavy atom. The summed E-state index contributed by atoms with van der Waals surface area (Å²) in [5, 5.41) is 55.7. The highest BCUT2D eigenvalue weighted by atomic mass is 16.6. The number of carboxylic acid groups (broad SMARTS) is 1. The number of hydrogen-bond donors (Lipinski definition) is 6. The molecule has 24 heavy (non-hydrogen) atoms. The number of aliphatic hydroxyl groups excluding tert-OH is 2. The van der Waals surface area contributed by atoms with Gasteiger partial charge in [0.05, 0.1) is 5.56 Å². The molecule has 1 aliphatic rings. The zero-order valence-electron chi connectivity index (χ0n) is 11.7. The number of phenolic OH excluding ortho intramolecular Hbond substituents is 3. The lowest BCUT2D eigenvalue weighted by atomic mass is 10.1. The predicted molar refractivity (Wildman–Crippen MR) is 70.2 cm³/mol. The molecule has 1 fully saturated rings. The van der Waals surface area contributed by atoms with Crippen LogP contribution in [0, 0.1) is 0 Å². The molecule has 0 radical (unpaired) electrons. The Hall–Kier alpha value is -3.05.